The van der Waals surface area contributed by atoms with Crippen LogP contribution in [0.2, 0.25) is 5.02 Å². The molecule has 0 saturated heterocycles. The fourth-order valence-electron chi connectivity index (χ4n) is 1.93. The van der Waals surface area contributed by atoms with Crippen LogP contribution in [0.3, 0.4) is 0 Å². The molecule has 0 spiro atoms. The van der Waals surface area contributed by atoms with Crippen molar-refractivity contribution in [2.45, 2.75) is 12.5 Å². The lowest BCUT2D eigenvalue weighted by Crippen LogP contribution is -2.13. The molecule has 2 nitrogen and oxygen atoms in total. The van der Waals surface area contributed by atoms with Gasteiger partial charge in [-0.3, -0.25) is 0 Å². The second kappa shape index (κ2) is 6.42. The van der Waals surface area contributed by atoms with Crippen molar-refractivity contribution in [3.63, 3.8) is 0 Å². The van der Waals surface area contributed by atoms with E-state index in [9.17, 15) is 0 Å². The van der Waals surface area contributed by atoms with E-state index in [-0.39, 0.29) is 6.04 Å². The first-order chi connectivity index (χ1) is 9.10. The standard InChI is InChI=1S/C15H15BrClNO/c1-19-12-5-2-10(3-6-12)8-15(18)13-7-4-11(16)9-14(13)17/h2-7,9,15H,8,18H2,1H3. The molecule has 0 fully saturated rings. The van der Waals surface area contributed by atoms with E-state index in [1.54, 1.807) is 7.11 Å². The molecule has 2 aromatic rings. The Hall–Kier alpha value is -1.03. The highest BCUT2D eigenvalue weighted by Gasteiger charge is 2.11. The molecule has 2 aromatic carbocycles. The summed E-state index contributed by atoms with van der Waals surface area (Å²) in [5, 5.41) is 0.690. The average Bonchev–Trinajstić information content (AvgIpc) is 2.39. The van der Waals surface area contributed by atoms with E-state index < -0.39 is 0 Å². The molecule has 4 heteroatoms. The minimum atomic E-state index is -0.117. The molecule has 0 amide bonds. The third-order valence-corrected chi connectivity index (χ3v) is 3.80. The summed E-state index contributed by atoms with van der Waals surface area (Å²) in [6.07, 6.45) is 0.741. The van der Waals surface area contributed by atoms with Crippen molar-refractivity contribution in [2.24, 2.45) is 5.73 Å². The number of benzene rings is 2. The van der Waals surface area contributed by atoms with E-state index in [0.29, 0.717) is 5.02 Å². The fourth-order valence-corrected chi connectivity index (χ4v) is 2.74. The minimum Gasteiger partial charge on any atom is -0.497 e. The molecular formula is C15H15BrClNO. The molecule has 19 heavy (non-hydrogen) atoms. The van der Waals surface area contributed by atoms with Crippen LogP contribution in [0, 0.1) is 0 Å². The second-order valence-electron chi connectivity index (χ2n) is 4.32. The van der Waals surface area contributed by atoms with Crippen LogP contribution in [0.15, 0.2) is 46.9 Å². The van der Waals surface area contributed by atoms with Crippen LogP contribution < -0.4 is 10.5 Å². The first-order valence-corrected chi connectivity index (χ1v) is 7.10. The first kappa shape index (κ1) is 14.4. The molecule has 100 valence electrons. The Labute approximate surface area is 126 Å². The van der Waals surface area contributed by atoms with Crippen molar-refractivity contribution in [2.75, 3.05) is 7.11 Å². The van der Waals surface area contributed by atoms with Gasteiger partial charge in [0.1, 0.15) is 5.75 Å². The van der Waals surface area contributed by atoms with Gasteiger partial charge >= 0.3 is 0 Å². The number of nitrogens with two attached hydrogens (primary N) is 1. The van der Waals surface area contributed by atoms with Crippen LogP contribution in [-0.2, 0) is 6.42 Å². The Morgan fingerprint density at radius 3 is 2.47 bits per heavy atom. The maximum atomic E-state index is 6.22. The lowest BCUT2D eigenvalue weighted by atomic mass is 9.99. The lowest BCUT2D eigenvalue weighted by Gasteiger charge is -2.14. The van der Waals surface area contributed by atoms with Gasteiger partial charge in [-0.15, -0.1) is 0 Å². The topological polar surface area (TPSA) is 35.2 Å². The highest BCUT2D eigenvalue weighted by Crippen LogP contribution is 2.27. The number of hydrogen-bond donors (Lipinski definition) is 1. The third kappa shape index (κ3) is 3.72. The molecule has 1 atom stereocenters. The monoisotopic (exact) mass is 339 g/mol. The van der Waals surface area contributed by atoms with Crippen LogP contribution in [0.4, 0.5) is 0 Å². The largest absolute Gasteiger partial charge is 0.497 e. The third-order valence-electron chi connectivity index (χ3n) is 2.98. The molecule has 2 N–H and O–H groups in total. The Morgan fingerprint density at radius 1 is 1.21 bits per heavy atom. The molecule has 0 radical (unpaired) electrons. The molecule has 0 aliphatic heterocycles. The van der Waals surface area contributed by atoms with Crippen LogP contribution in [0.25, 0.3) is 0 Å². The summed E-state index contributed by atoms with van der Waals surface area (Å²) >= 11 is 9.60. The van der Waals surface area contributed by atoms with Crippen molar-refractivity contribution in [3.05, 3.63) is 63.1 Å². The van der Waals surface area contributed by atoms with E-state index in [2.05, 4.69) is 15.9 Å². The van der Waals surface area contributed by atoms with E-state index in [1.807, 2.05) is 42.5 Å². The SMILES string of the molecule is COc1ccc(CC(N)c2ccc(Br)cc2Cl)cc1. The fraction of sp³-hybridized carbons (Fsp3) is 0.200. The quantitative estimate of drug-likeness (QED) is 0.898. The van der Waals surface area contributed by atoms with Crippen molar-refractivity contribution >= 4 is 27.5 Å². The maximum absolute atomic E-state index is 6.22. The highest BCUT2D eigenvalue weighted by atomic mass is 79.9. The number of hydrogen-bond acceptors (Lipinski definition) is 2. The maximum Gasteiger partial charge on any atom is 0.118 e. The lowest BCUT2D eigenvalue weighted by molar-refractivity contribution is 0.414. The second-order valence-corrected chi connectivity index (χ2v) is 5.65. The molecule has 0 heterocycles. The van der Waals surface area contributed by atoms with Crippen molar-refractivity contribution in [3.8, 4) is 5.75 Å². The Kier molecular flexibility index (Phi) is 4.86. The van der Waals surface area contributed by atoms with E-state index in [1.165, 1.54) is 0 Å². The molecule has 0 saturated carbocycles. The summed E-state index contributed by atoms with van der Waals surface area (Å²) in [7, 11) is 1.66. The van der Waals surface area contributed by atoms with E-state index in [4.69, 9.17) is 22.1 Å². The summed E-state index contributed by atoms with van der Waals surface area (Å²) in [5.41, 5.74) is 8.34. The number of ether oxygens (including phenoxy) is 1. The zero-order valence-electron chi connectivity index (χ0n) is 10.6. The van der Waals surface area contributed by atoms with Crippen molar-refractivity contribution < 1.29 is 4.74 Å². The summed E-state index contributed by atoms with van der Waals surface area (Å²) in [6, 6.07) is 13.6. The van der Waals surface area contributed by atoms with Gasteiger partial charge in [-0.1, -0.05) is 45.7 Å². The smallest absolute Gasteiger partial charge is 0.118 e. The van der Waals surface area contributed by atoms with Crippen molar-refractivity contribution in [1.82, 2.24) is 0 Å². The van der Waals surface area contributed by atoms with E-state index in [0.717, 1.165) is 27.8 Å². The van der Waals surface area contributed by atoms with Crippen molar-refractivity contribution in [1.29, 1.82) is 0 Å². The average molecular weight is 341 g/mol. The Bertz CT molecular complexity index is 557. The van der Waals surface area contributed by atoms with Gasteiger partial charge in [0.15, 0.2) is 0 Å². The molecular weight excluding hydrogens is 326 g/mol. The predicted molar refractivity (Wildman–Crippen MR) is 82.8 cm³/mol. The number of rotatable bonds is 4. The Morgan fingerprint density at radius 2 is 1.89 bits per heavy atom. The van der Waals surface area contributed by atoms with Gasteiger partial charge in [0.05, 0.1) is 7.11 Å². The van der Waals surface area contributed by atoms with E-state index >= 15 is 0 Å². The summed E-state index contributed by atoms with van der Waals surface area (Å²) in [6.45, 7) is 0. The number of halogens is 2. The van der Waals surface area contributed by atoms with Gasteiger partial charge in [0, 0.05) is 15.5 Å². The predicted octanol–water partition coefficient (Wildman–Crippen LogP) is 4.35. The van der Waals surface area contributed by atoms with Crippen LogP contribution in [-0.4, -0.2) is 7.11 Å². The summed E-state index contributed by atoms with van der Waals surface area (Å²) in [5.74, 6) is 0.846. The molecule has 1 unspecified atom stereocenters. The van der Waals surface area contributed by atoms with Gasteiger partial charge in [-0.25, -0.2) is 0 Å². The normalized spacial score (nSPS) is 12.2. The first-order valence-electron chi connectivity index (χ1n) is 5.93. The molecule has 0 aliphatic carbocycles. The summed E-state index contributed by atoms with van der Waals surface area (Å²) < 4.78 is 6.09. The molecule has 0 aromatic heterocycles. The Balaban J connectivity index is 2.13. The van der Waals surface area contributed by atoms with Gasteiger partial charge in [0.25, 0.3) is 0 Å². The summed E-state index contributed by atoms with van der Waals surface area (Å²) in [4.78, 5) is 0. The van der Waals surface area contributed by atoms with Gasteiger partial charge in [0.2, 0.25) is 0 Å². The minimum absolute atomic E-state index is 0.117. The van der Waals surface area contributed by atoms with Crippen LogP contribution in [0.5, 0.6) is 5.75 Å². The van der Waals surface area contributed by atoms with Crippen LogP contribution >= 0.6 is 27.5 Å². The molecule has 0 aliphatic rings. The number of methoxy groups -OCH3 is 1. The van der Waals surface area contributed by atoms with Gasteiger partial charge < -0.3 is 10.5 Å². The zero-order valence-corrected chi connectivity index (χ0v) is 12.9. The highest BCUT2D eigenvalue weighted by molar-refractivity contribution is 9.10. The van der Waals surface area contributed by atoms with Gasteiger partial charge in [-0.05, 0) is 41.8 Å². The molecule has 2 rings (SSSR count). The zero-order chi connectivity index (χ0) is 13.8. The molecule has 0 bridgehead atoms. The van der Waals surface area contributed by atoms with Crippen LogP contribution in [0.1, 0.15) is 17.2 Å². The van der Waals surface area contributed by atoms with Gasteiger partial charge in [-0.2, -0.15) is 0 Å².